The molecule has 1 heterocycles. The van der Waals surface area contributed by atoms with Gasteiger partial charge >= 0.3 is 0 Å². The smallest absolute Gasteiger partial charge is 0.270 e. The normalized spacial score (nSPS) is 16.4. The lowest BCUT2D eigenvalue weighted by molar-refractivity contribution is -0.385. The van der Waals surface area contributed by atoms with E-state index in [9.17, 15) is 10.1 Å². The van der Waals surface area contributed by atoms with Crippen LogP contribution >= 0.6 is 0 Å². The monoisotopic (exact) mass is 341 g/mol. The van der Waals surface area contributed by atoms with Crippen LogP contribution in [0.3, 0.4) is 0 Å². The van der Waals surface area contributed by atoms with Crippen LogP contribution < -0.4 is 10.1 Å². The molecule has 6 nitrogen and oxygen atoms in total. The van der Waals surface area contributed by atoms with E-state index in [-0.39, 0.29) is 16.7 Å². The minimum Gasteiger partial charge on any atom is -0.496 e. The molecular weight excluding hydrogens is 318 g/mol. The molecule has 1 aliphatic heterocycles. The van der Waals surface area contributed by atoms with Crippen LogP contribution in [0.15, 0.2) is 42.5 Å². The largest absolute Gasteiger partial charge is 0.496 e. The van der Waals surface area contributed by atoms with Gasteiger partial charge in [-0.05, 0) is 18.6 Å². The number of methoxy groups -OCH3 is 1. The first kappa shape index (κ1) is 17.4. The maximum atomic E-state index is 11.3. The Balaban J connectivity index is 2.11. The highest BCUT2D eigenvalue weighted by Crippen LogP contribution is 2.37. The second kappa shape index (κ2) is 7.63. The molecule has 1 N–H and O–H groups in total. The van der Waals surface area contributed by atoms with Gasteiger partial charge in [0.05, 0.1) is 18.1 Å². The zero-order chi connectivity index (χ0) is 17.8. The lowest BCUT2D eigenvalue weighted by Gasteiger charge is -2.36. The first-order valence-electron chi connectivity index (χ1n) is 8.44. The van der Waals surface area contributed by atoms with Crippen LogP contribution in [0.25, 0.3) is 0 Å². The molecule has 132 valence electrons. The third-order valence-corrected chi connectivity index (χ3v) is 4.63. The molecule has 2 aromatic rings. The highest BCUT2D eigenvalue weighted by atomic mass is 16.6. The van der Waals surface area contributed by atoms with Crippen LogP contribution in [0.2, 0.25) is 0 Å². The molecule has 0 bridgehead atoms. The van der Waals surface area contributed by atoms with Crippen LogP contribution in [-0.2, 0) is 0 Å². The number of hydrogen-bond acceptors (Lipinski definition) is 5. The quantitative estimate of drug-likeness (QED) is 0.669. The van der Waals surface area contributed by atoms with Crippen molar-refractivity contribution in [3.05, 3.63) is 69.3 Å². The van der Waals surface area contributed by atoms with E-state index in [2.05, 4.69) is 41.4 Å². The molecule has 0 spiro atoms. The Labute approximate surface area is 147 Å². The number of rotatable bonds is 5. The molecule has 0 saturated carbocycles. The molecule has 0 radical (unpaired) electrons. The van der Waals surface area contributed by atoms with Crippen LogP contribution in [0.4, 0.5) is 5.69 Å². The average Bonchev–Trinajstić information content (AvgIpc) is 2.64. The van der Waals surface area contributed by atoms with Crippen molar-refractivity contribution in [2.24, 2.45) is 0 Å². The van der Waals surface area contributed by atoms with Crippen molar-refractivity contribution in [2.75, 3.05) is 33.3 Å². The standard InChI is InChI=1S/C19H23N3O3/c1-14-3-5-15(6-4-14)19(21-11-9-20-10-12-21)17-13-16(22(23)24)7-8-18(17)25-2/h3-8,13,19-20H,9-12H2,1-2H3. The second-order valence-corrected chi connectivity index (χ2v) is 6.28. The minimum absolute atomic E-state index is 0.0717. The number of hydrogen-bond donors (Lipinski definition) is 1. The summed E-state index contributed by atoms with van der Waals surface area (Å²) in [5, 5.41) is 14.6. The number of nitro groups is 1. The molecule has 25 heavy (non-hydrogen) atoms. The van der Waals surface area contributed by atoms with Gasteiger partial charge in [0.15, 0.2) is 0 Å². The summed E-state index contributed by atoms with van der Waals surface area (Å²) in [6.45, 7) is 5.62. The number of aryl methyl sites for hydroxylation is 1. The number of non-ortho nitro benzene ring substituents is 1. The van der Waals surface area contributed by atoms with Gasteiger partial charge in [0.1, 0.15) is 5.75 Å². The fourth-order valence-electron chi connectivity index (χ4n) is 3.33. The van der Waals surface area contributed by atoms with E-state index in [1.165, 1.54) is 11.6 Å². The summed E-state index contributed by atoms with van der Waals surface area (Å²) in [6.07, 6.45) is 0. The van der Waals surface area contributed by atoms with Crippen LogP contribution in [0, 0.1) is 17.0 Å². The van der Waals surface area contributed by atoms with E-state index >= 15 is 0 Å². The number of benzene rings is 2. The van der Waals surface area contributed by atoms with Crippen LogP contribution in [0.5, 0.6) is 5.75 Å². The Bertz CT molecular complexity index is 740. The molecule has 1 saturated heterocycles. The van der Waals surface area contributed by atoms with Crippen molar-refractivity contribution in [1.82, 2.24) is 10.2 Å². The summed E-state index contributed by atoms with van der Waals surface area (Å²) >= 11 is 0. The van der Waals surface area contributed by atoms with Gasteiger partial charge in [0, 0.05) is 43.9 Å². The predicted molar refractivity (Wildman–Crippen MR) is 97.1 cm³/mol. The summed E-state index contributed by atoms with van der Waals surface area (Å²) < 4.78 is 5.53. The lowest BCUT2D eigenvalue weighted by Crippen LogP contribution is -2.45. The fraction of sp³-hybridized carbons (Fsp3) is 0.368. The summed E-state index contributed by atoms with van der Waals surface area (Å²) in [5.41, 5.74) is 3.23. The molecule has 0 amide bonds. The van der Waals surface area contributed by atoms with Crippen molar-refractivity contribution >= 4 is 5.69 Å². The second-order valence-electron chi connectivity index (χ2n) is 6.28. The first-order chi connectivity index (χ1) is 12.1. The van der Waals surface area contributed by atoms with E-state index < -0.39 is 0 Å². The van der Waals surface area contributed by atoms with Gasteiger partial charge in [-0.3, -0.25) is 15.0 Å². The van der Waals surface area contributed by atoms with E-state index in [0.29, 0.717) is 5.75 Å². The van der Waals surface area contributed by atoms with Gasteiger partial charge < -0.3 is 10.1 Å². The topological polar surface area (TPSA) is 67.6 Å². The van der Waals surface area contributed by atoms with Gasteiger partial charge in [-0.15, -0.1) is 0 Å². The van der Waals surface area contributed by atoms with Gasteiger partial charge in [0.25, 0.3) is 5.69 Å². The van der Waals surface area contributed by atoms with Gasteiger partial charge in [0.2, 0.25) is 0 Å². The Kier molecular flexibility index (Phi) is 5.31. The molecule has 0 aliphatic carbocycles. The fourth-order valence-corrected chi connectivity index (χ4v) is 3.33. The molecule has 1 unspecified atom stereocenters. The molecule has 1 fully saturated rings. The average molecular weight is 341 g/mol. The number of nitrogens with one attached hydrogen (secondary N) is 1. The van der Waals surface area contributed by atoms with Gasteiger partial charge in [-0.2, -0.15) is 0 Å². The third-order valence-electron chi connectivity index (χ3n) is 4.63. The summed E-state index contributed by atoms with van der Waals surface area (Å²) in [6, 6.07) is 13.1. The molecule has 3 rings (SSSR count). The minimum atomic E-state index is -0.354. The van der Waals surface area contributed by atoms with Gasteiger partial charge in [-0.25, -0.2) is 0 Å². The van der Waals surface area contributed by atoms with Crippen LogP contribution in [0.1, 0.15) is 22.7 Å². The maximum absolute atomic E-state index is 11.3. The zero-order valence-corrected chi connectivity index (χ0v) is 14.6. The van der Waals surface area contributed by atoms with Crippen molar-refractivity contribution in [2.45, 2.75) is 13.0 Å². The van der Waals surface area contributed by atoms with E-state index in [1.54, 1.807) is 19.2 Å². The SMILES string of the molecule is COc1ccc([N+](=O)[O-])cc1C(c1ccc(C)cc1)N1CCNCC1. The van der Waals surface area contributed by atoms with E-state index in [0.717, 1.165) is 37.3 Å². The van der Waals surface area contributed by atoms with E-state index in [1.807, 2.05) is 0 Å². The third kappa shape index (κ3) is 3.81. The first-order valence-corrected chi connectivity index (χ1v) is 8.44. The van der Waals surface area contributed by atoms with Crippen molar-refractivity contribution < 1.29 is 9.66 Å². The molecule has 1 atom stereocenters. The molecule has 6 heteroatoms. The number of nitrogens with zero attached hydrogens (tertiary/aromatic N) is 2. The highest BCUT2D eigenvalue weighted by molar-refractivity contribution is 5.49. The number of nitro benzene ring substituents is 1. The molecule has 0 aromatic heterocycles. The summed E-state index contributed by atoms with van der Waals surface area (Å²) in [7, 11) is 1.61. The maximum Gasteiger partial charge on any atom is 0.270 e. The summed E-state index contributed by atoms with van der Waals surface area (Å²) in [5.74, 6) is 0.676. The Morgan fingerprint density at radius 3 is 2.44 bits per heavy atom. The number of ether oxygens (including phenoxy) is 1. The number of piperazine rings is 1. The highest BCUT2D eigenvalue weighted by Gasteiger charge is 2.28. The lowest BCUT2D eigenvalue weighted by atomic mass is 9.94. The van der Waals surface area contributed by atoms with Crippen molar-refractivity contribution in [3.8, 4) is 5.75 Å². The summed E-state index contributed by atoms with van der Waals surface area (Å²) in [4.78, 5) is 13.3. The Morgan fingerprint density at radius 1 is 1.16 bits per heavy atom. The zero-order valence-electron chi connectivity index (χ0n) is 14.6. The molecule has 2 aromatic carbocycles. The van der Waals surface area contributed by atoms with Gasteiger partial charge in [-0.1, -0.05) is 29.8 Å². The Morgan fingerprint density at radius 2 is 1.84 bits per heavy atom. The molecular formula is C19H23N3O3. The van der Waals surface area contributed by atoms with E-state index in [4.69, 9.17) is 4.74 Å². The molecule has 1 aliphatic rings. The van der Waals surface area contributed by atoms with Crippen molar-refractivity contribution in [3.63, 3.8) is 0 Å². The van der Waals surface area contributed by atoms with Crippen molar-refractivity contribution in [1.29, 1.82) is 0 Å². The van der Waals surface area contributed by atoms with Crippen LogP contribution in [-0.4, -0.2) is 43.1 Å². The Hall–Kier alpha value is -2.44. The predicted octanol–water partition coefficient (Wildman–Crippen LogP) is 2.91.